The van der Waals surface area contributed by atoms with Crippen LogP contribution in [0.15, 0.2) is 36.5 Å². The zero-order valence-electron chi connectivity index (χ0n) is 39.9. The van der Waals surface area contributed by atoms with Crippen LogP contribution in [0.5, 0.6) is 0 Å². The number of ether oxygens (including phenoxy) is 3. The molecule has 0 aliphatic carbocycles. The van der Waals surface area contributed by atoms with E-state index in [2.05, 4.69) is 50.3 Å². The van der Waals surface area contributed by atoms with E-state index in [0.29, 0.717) is 12.8 Å². The molecule has 0 amide bonds. The minimum absolute atomic E-state index is 0.0422. The highest BCUT2D eigenvalue weighted by Gasteiger charge is 2.25. The monoisotopic (exact) mass is 846 g/mol. The standard InChI is InChI=1S/C52H95NO7/c1-6-8-10-12-14-16-18-20-22-23-24-25-26-27-28-29-31-32-34-36-38-40-42-50(54)59-47-48(46-58-45-44-49(52(56)57)53(3,4)5)60-51(55)43-41-39-37-35-33-30-21-19-17-15-13-11-9-7-2/h14,16,20,22,24-25,48-49H,6-13,15,17-19,21,23,26-47H2,1-5H3/b16-14+,22-20+,25-24+. The van der Waals surface area contributed by atoms with Crippen molar-refractivity contribution in [2.75, 3.05) is 41.0 Å². The van der Waals surface area contributed by atoms with E-state index in [1.807, 2.05) is 0 Å². The molecule has 0 radical (unpaired) electrons. The Morgan fingerprint density at radius 1 is 0.500 bits per heavy atom. The summed E-state index contributed by atoms with van der Waals surface area (Å²) in [5.41, 5.74) is 0. The molecule has 0 N–H and O–H groups in total. The first-order valence-electron chi connectivity index (χ1n) is 25.0. The summed E-state index contributed by atoms with van der Waals surface area (Å²) >= 11 is 0. The van der Waals surface area contributed by atoms with Crippen molar-refractivity contribution in [3.8, 4) is 0 Å². The van der Waals surface area contributed by atoms with Gasteiger partial charge in [0.15, 0.2) is 6.10 Å². The molecule has 0 aliphatic rings. The molecule has 8 nitrogen and oxygen atoms in total. The topological polar surface area (TPSA) is 102 Å². The maximum Gasteiger partial charge on any atom is 0.306 e. The van der Waals surface area contributed by atoms with Gasteiger partial charge in [-0.15, -0.1) is 0 Å². The second kappa shape index (κ2) is 43.2. The predicted octanol–water partition coefficient (Wildman–Crippen LogP) is 12.9. The lowest BCUT2D eigenvalue weighted by molar-refractivity contribution is -0.889. The van der Waals surface area contributed by atoms with Crippen molar-refractivity contribution in [2.24, 2.45) is 0 Å². The maximum absolute atomic E-state index is 12.7. The molecule has 0 rings (SSSR count). The first kappa shape index (κ1) is 57.5. The van der Waals surface area contributed by atoms with Gasteiger partial charge in [0.05, 0.1) is 40.3 Å². The quantitative estimate of drug-likeness (QED) is 0.0260. The number of unbranched alkanes of at least 4 members (excludes halogenated alkanes) is 25. The van der Waals surface area contributed by atoms with E-state index in [1.54, 1.807) is 21.1 Å². The van der Waals surface area contributed by atoms with Crippen molar-refractivity contribution in [3.05, 3.63) is 36.5 Å². The summed E-state index contributed by atoms with van der Waals surface area (Å²) < 4.78 is 17.2. The third-order valence-electron chi connectivity index (χ3n) is 11.3. The highest BCUT2D eigenvalue weighted by atomic mass is 16.6. The molecule has 2 atom stereocenters. The Kier molecular flexibility index (Phi) is 41.4. The average molecular weight is 846 g/mol. The van der Waals surface area contributed by atoms with Crippen LogP contribution < -0.4 is 5.11 Å². The van der Waals surface area contributed by atoms with Crippen molar-refractivity contribution in [2.45, 2.75) is 238 Å². The minimum atomic E-state index is -1.12. The molecule has 0 aliphatic heterocycles. The molecule has 0 saturated carbocycles. The van der Waals surface area contributed by atoms with Gasteiger partial charge in [0.2, 0.25) is 0 Å². The largest absolute Gasteiger partial charge is 0.544 e. The number of aliphatic carboxylic acids is 1. The number of carboxylic acids is 1. The van der Waals surface area contributed by atoms with Crippen LogP contribution in [0, 0.1) is 0 Å². The van der Waals surface area contributed by atoms with E-state index in [9.17, 15) is 19.5 Å². The predicted molar refractivity (Wildman–Crippen MR) is 250 cm³/mol. The second-order valence-corrected chi connectivity index (χ2v) is 18.1. The van der Waals surface area contributed by atoms with E-state index >= 15 is 0 Å². The molecule has 0 bridgehead atoms. The van der Waals surface area contributed by atoms with Gasteiger partial charge < -0.3 is 28.6 Å². The number of hydrogen-bond donors (Lipinski definition) is 0. The van der Waals surface area contributed by atoms with Gasteiger partial charge in [-0.1, -0.05) is 192 Å². The molecule has 8 heteroatoms. The molecule has 350 valence electrons. The summed E-state index contributed by atoms with van der Waals surface area (Å²) in [6.45, 7) is 4.65. The number of esters is 2. The molecule has 0 spiro atoms. The van der Waals surface area contributed by atoms with Gasteiger partial charge in [-0.2, -0.15) is 0 Å². The van der Waals surface area contributed by atoms with Gasteiger partial charge in [-0.05, 0) is 51.4 Å². The van der Waals surface area contributed by atoms with Gasteiger partial charge in [-0.3, -0.25) is 9.59 Å². The molecule has 2 unspecified atom stereocenters. The van der Waals surface area contributed by atoms with E-state index in [4.69, 9.17) is 14.2 Å². The normalized spacial score (nSPS) is 13.2. The number of allylic oxidation sites excluding steroid dienone is 6. The Hall–Kier alpha value is -2.45. The van der Waals surface area contributed by atoms with Crippen LogP contribution in [-0.2, 0) is 28.6 Å². The fraction of sp³-hybridized carbons (Fsp3) is 0.827. The number of quaternary nitrogens is 1. The van der Waals surface area contributed by atoms with Crippen molar-refractivity contribution < 1.29 is 38.2 Å². The zero-order chi connectivity index (χ0) is 44.2. The van der Waals surface area contributed by atoms with Crippen molar-refractivity contribution in [1.82, 2.24) is 0 Å². The number of rotatable bonds is 45. The Bertz CT molecular complexity index is 1080. The Balaban J connectivity index is 4.22. The van der Waals surface area contributed by atoms with Crippen LogP contribution in [0.3, 0.4) is 0 Å². The van der Waals surface area contributed by atoms with E-state index in [-0.39, 0.29) is 42.7 Å². The van der Waals surface area contributed by atoms with Gasteiger partial charge in [0.1, 0.15) is 12.6 Å². The van der Waals surface area contributed by atoms with Crippen LogP contribution >= 0.6 is 0 Å². The average Bonchev–Trinajstić information content (AvgIpc) is 3.21. The molecule has 0 saturated heterocycles. The highest BCUT2D eigenvalue weighted by Crippen LogP contribution is 2.15. The molecule has 0 heterocycles. The third kappa shape index (κ3) is 40.9. The number of carbonyl (C=O) groups is 3. The first-order valence-corrected chi connectivity index (χ1v) is 25.0. The lowest BCUT2D eigenvalue weighted by Gasteiger charge is -2.34. The number of hydrogen-bond acceptors (Lipinski definition) is 7. The Labute approximate surface area is 370 Å². The molecule has 0 aromatic rings. The van der Waals surface area contributed by atoms with E-state index in [1.165, 1.54) is 141 Å². The van der Waals surface area contributed by atoms with Gasteiger partial charge >= 0.3 is 11.9 Å². The molecular formula is C52H95NO7. The fourth-order valence-electron chi connectivity index (χ4n) is 7.37. The molecule has 0 aromatic carbocycles. The summed E-state index contributed by atoms with van der Waals surface area (Å²) in [7, 11) is 5.42. The molecular weight excluding hydrogens is 751 g/mol. The SMILES string of the molecule is CCCCC/C=C/C/C=C/C/C=C/CCCCCCCCCCCC(=O)OCC(COCCC(C(=O)[O-])[N+](C)(C)C)OC(=O)CCCCCCCCCCCCCCCC. The van der Waals surface area contributed by atoms with Crippen molar-refractivity contribution >= 4 is 17.9 Å². The van der Waals surface area contributed by atoms with Crippen LogP contribution in [0.25, 0.3) is 0 Å². The lowest BCUT2D eigenvalue weighted by Crippen LogP contribution is -2.55. The summed E-state index contributed by atoms with van der Waals surface area (Å²) in [5.74, 6) is -1.73. The number of carboxylic acid groups (broad SMARTS) is 1. The first-order chi connectivity index (χ1) is 29.1. The van der Waals surface area contributed by atoms with E-state index < -0.39 is 18.1 Å². The van der Waals surface area contributed by atoms with Crippen LogP contribution in [0.4, 0.5) is 0 Å². The van der Waals surface area contributed by atoms with Crippen molar-refractivity contribution in [1.29, 1.82) is 0 Å². The van der Waals surface area contributed by atoms with E-state index in [0.717, 1.165) is 51.4 Å². The highest BCUT2D eigenvalue weighted by molar-refractivity contribution is 5.70. The number of carbonyl (C=O) groups excluding carboxylic acids is 3. The Morgan fingerprint density at radius 3 is 1.33 bits per heavy atom. The number of nitrogens with zero attached hydrogens (tertiary/aromatic N) is 1. The fourth-order valence-corrected chi connectivity index (χ4v) is 7.37. The van der Waals surface area contributed by atoms with Gasteiger partial charge in [0.25, 0.3) is 0 Å². The van der Waals surface area contributed by atoms with Crippen LogP contribution in [0.1, 0.15) is 226 Å². The lowest BCUT2D eigenvalue weighted by atomic mass is 10.0. The number of likely N-dealkylation sites (N-methyl/N-ethyl adjacent to an activating group) is 1. The maximum atomic E-state index is 12.7. The molecule has 60 heavy (non-hydrogen) atoms. The van der Waals surface area contributed by atoms with Gasteiger partial charge in [0, 0.05) is 19.3 Å². The third-order valence-corrected chi connectivity index (χ3v) is 11.3. The smallest absolute Gasteiger partial charge is 0.306 e. The minimum Gasteiger partial charge on any atom is -0.544 e. The summed E-state index contributed by atoms with van der Waals surface area (Å²) in [6.07, 6.45) is 50.2. The van der Waals surface area contributed by atoms with Crippen LogP contribution in [0.2, 0.25) is 0 Å². The van der Waals surface area contributed by atoms with Gasteiger partial charge in [-0.25, -0.2) is 0 Å². The molecule has 0 fully saturated rings. The van der Waals surface area contributed by atoms with Crippen LogP contribution in [-0.4, -0.2) is 75.5 Å². The molecule has 0 aromatic heterocycles. The summed E-state index contributed by atoms with van der Waals surface area (Å²) in [6, 6.07) is -0.725. The Morgan fingerprint density at radius 2 is 0.883 bits per heavy atom. The zero-order valence-corrected chi connectivity index (χ0v) is 39.9. The summed E-state index contributed by atoms with van der Waals surface area (Å²) in [4.78, 5) is 37.0. The second-order valence-electron chi connectivity index (χ2n) is 18.1. The summed E-state index contributed by atoms with van der Waals surface area (Å²) in [5, 5.41) is 11.6. The van der Waals surface area contributed by atoms with Crippen molar-refractivity contribution in [3.63, 3.8) is 0 Å².